The van der Waals surface area contributed by atoms with Crippen LogP contribution in [0, 0.1) is 0 Å². The third-order valence-corrected chi connectivity index (χ3v) is 2.81. The van der Waals surface area contributed by atoms with Crippen molar-refractivity contribution in [1.82, 2.24) is 10.2 Å². The van der Waals surface area contributed by atoms with Crippen LogP contribution in [0.3, 0.4) is 0 Å². The number of likely N-dealkylation sites (N-methyl/N-ethyl adjacent to an activating group) is 1. The van der Waals surface area contributed by atoms with E-state index in [1.54, 1.807) is 27.8 Å². The zero-order chi connectivity index (χ0) is 16.8. The number of carbonyl (C=O) groups is 2. The van der Waals surface area contributed by atoms with Crippen LogP contribution in [0.2, 0.25) is 0 Å². The minimum atomic E-state index is -1.02. The fraction of sp³-hybridized carbons (Fsp3) is 0.500. The number of benzene rings is 1. The fourth-order valence-electron chi connectivity index (χ4n) is 1.84. The molecular weight excluding hydrogens is 284 g/mol. The van der Waals surface area contributed by atoms with Crippen molar-refractivity contribution in [2.24, 2.45) is 0 Å². The number of alkyl carbamates (subject to hydrolysis) is 1. The number of hydrogen-bond acceptors (Lipinski definition) is 4. The molecule has 0 aliphatic rings. The standard InChI is InChI=1S/C16H24N2O4/c1-16(2,3)22-15(21)17-13(11-19)14(20)18(4)10-12-8-6-5-7-9-12/h5-9,13,19H,10-11H2,1-4H3,(H,17,21)/t13-/m0/s1. The highest BCUT2D eigenvalue weighted by Crippen LogP contribution is 2.08. The molecule has 0 heterocycles. The SMILES string of the molecule is CN(Cc1ccccc1)C(=O)[C@H](CO)NC(=O)OC(C)(C)C. The minimum absolute atomic E-state index is 0.378. The van der Waals surface area contributed by atoms with Gasteiger partial charge in [0.05, 0.1) is 6.61 Å². The van der Waals surface area contributed by atoms with Crippen molar-refractivity contribution in [2.45, 2.75) is 39.0 Å². The number of aliphatic hydroxyl groups is 1. The first kappa shape index (κ1) is 18.0. The van der Waals surface area contributed by atoms with Crippen molar-refractivity contribution in [3.05, 3.63) is 35.9 Å². The Morgan fingerprint density at radius 2 is 1.86 bits per heavy atom. The van der Waals surface area contributed by atoms with E-state index in [0.29, 0.717) is 6.54 Å². The molecule has 1 aromatic rings. The van der Waals surface area contributed by atoms with Gasteiger partial charge in [-0.05, 0) is 26.3 Å². The second kappa shape index (κ2) is 7.79. The molecule has 2 N–H and O–H groups in total. The monoisotopic (exact) mass is 308 g/mol. The zero-order valence-electron chi connectivity index (χ0n) is 13.5. The van der Waals surface area contributed by atoms with Crippen LogP contribution in [0.15, 0.2) is 30.3 Å². The number of ether oxygens (including phenoxy) is 1. The van der Waals surface area contributed by atoms with Gasteiger partial charge in [-0.15, -0.1) is 0 Å². The molecule has 0 aliphatic carbocycles. The molecule has 2 amide bonds. The zero-order valence-corrected chi connectivity index (χ0v) is 13.5. The molecule has 0 aliphatic heterocycles. The van der Waals surface area contributed by atoms with Crippen LogP contribution < -0.4 is 5.32 Å². The van der Waals surface area contributed by atoms with E-state index in [1.807, 2.05) is 30.3 Å². The molecule has 0 bridgehead atoms. The highest BCUT2D eigenvalue weighted by Gasteiger charge is 2.26. The lowest BCUT2D eigenvalue weighted by Gasteiger charge is -2.25. The van der Waals surface area contributed by atoms with Gasteiger partial charge in [0.25, 0.3) is 0 Å². The van der Waals surface area contributed by atoms with E-state index in [-0.39, 0.29) is 5.91 Å². The van der Waals surface area contributed by atoms with E-state index in [1.165, 1.54) is 4.90 Å². The molecule has 6 nitrogen and oxygen atoms in total. The first-order chi connectivity index (χ1) is 10.2. The molecule has 0 saturated heterocycles. The van der Waals surface area contributed by atoms with Gasteiger partial charge < -0.3 is 20.1 Å². The van der Waals surface area contributed by atoms with E-state index in [4.69, 9.17) is 4.74 Å². The molecule has 1 aromatic carbocycles. The van der Waals surface area contributed by atoms with Gasteiger partial charge in [-0.1, -0.05) is 30.3 Å². The largest absolute Gasteiger partial charge is 0.444 e. The number of nitrogens with zero attached hydrogens (tertiary/aromatic N) is 1. The van der Waals surface area contributed by atoms with Gasteiger partial charge in [0.15, 0.2) is 0 Å². The Bertz CT molecular complexity index is 497. The van der Waals surface area contributed by atoms with Gasteiger partial charge >= 0.3 is 6.09 Å². The van der Waals surface area contributed by atoms with Crippen LogP contribution in [0.4, 0.5) is 4.79 Å². The van der Waals surface area contributed by atoms with Gasteiger partial charge in [-0.2, -0.15) is 0 Å². The maximum atomic E-state index is 12.3. The summed E-state index contributed by atoms with van der Waals surface area (Å²) < 4.78 is 5.09. The quantitative estimate of drug-likeness (QED) is 0.864. The molecule has 1 rings (SSSR count). The van der Waals surface area contributed by atoms with Crippen molar-refractivity contribution >= 4 is 12.0 Å². The van der Waals surface area contributed by atoms with Crippen LogP contribution in [0.25, 0.3) is 0 Å². The van der Waals surface area contributed by atoms with Gasteiger partial charge in [0.2, 0.25) is 5.91 Å². The lowest BCUT2D eigenvalue weighted by molar-refractivity contribution is -0.133. The van der Waals surface area contributed by atoms with Crippen LogP contribution in [-0.2, 0) is 16.1 Å². The summed E-state index contributed by atoms with van der Waals surface area (Å²) >= 11 is 0. The smallest absolute Gasteiger partial charge is 0.408 e. The average Bonchev–Trinajstić information content (AvgIpc) is 2.43. The van der Waals surface area contributed by atoms with Crippen LogP contribution in [0.1, 0.15) is 26.3 Å². The summed E-state index contributed by atoms with van der Waals surface area (Å²) in [6, 6.07) is 8.44. The summed E-state index contributed by atoms with van der Waals surface area (Å²) in [5.74, 6) is -0.378. The number of carbonyl (C=O) groups excluding carboxylic acids is 2. The van der Waals surface area contributed by atoms with E-state index < -0.39 is 24.3 Å². The van der Waals surface area contributed by atoms with Crippen molar-refractivity contribution in [3.63, 3.8) is 0 Å². The van der Waals surface area contributed by atoms with E-state index in [9.17, 15) is 14.7 Å². The maximum absolute atomic E-state index is 12.3. The number of nitrogens with one attached hydrogen (secondary N) is 1. The molecule has 0 saturated carbocycles. The Labute approximate surface area is 131 Å². The first-order valence-electron chi connectivity index (χ1n) is 7.12. The predicted octanol–water partition coefficient (Wildman–Crippen LogP) is 1.53. The van der Waals surface area contributed by atoms with Crippen LogP contribution >= 0.6 is 0 Å². The lowest BCUT2D eigenvalue weighted by atomic mass is 10.2. The second-order valence-electron chi connectivity index (χ2n) is 6.06. The number of hydrogen-bond donors (Lipinski definition) is 2. The topological polar surface area (TPSA) is 78.9 Å². The molecule has 6 heteroatoms. The molecule has 0 aromatic heterocycles. The van der Waals surface area contributed by atoms with Crippen LogP contribution in [-0.4, -0.2) is 47.3 Å². The molecule has 0 unspecified atom stereocenters. The molecule has 122 valence electrons. The van der Waals surface area contributed by atoms with E-state index >= 15 is 0 Å². The number of aliphatic hydroxyl groups excluding tert-OH is 1. The Morgan fingerprint density at radius 3 is 2.36 bits per heavy atom. The highest BCUT2D eigenvalue weighted by atomic mass is 16.6. The Balaban J connectivity index is 2.61. The third kappa shape index (κ3) is 6.13. The number of amides is 2. The predicted molar refractivity (Wildman–Crippen MR) is 83.2 cm³/mol. The summed E-state index contributed by atoms with van der Waals surface area (Å²) in [4.78, 5) is 25.4. The van der Waals surface area contributed by atoms with Gasteiger partial charge in [-0.25, -0.2) is 4.79 Å². The second-order valence-corrected chi connectivity index (χ2v) is 6.06. The van der Waals surface area contributed by atoms with Gasteiger partial charge in [0.1, 0.15) is 11.6 Å². The summed E-state index contributed by atoms with van der Waals surface area (Å²) in [5.41, 5.74) is 0.301. The summed E-state index contributed by atoms with van der Waals surface area (Å²) in [7, 11) is 1.62. The molecule has 0 fully saturated rings. The summed E-state index contributed by atoms with van der Waals surface area (Å²) in [6.07, 6.45) is -0.729. The van der Waals surface area contributed by atoms with E-state index in [2.05, 4.69) is 5.32 Å². The Kier molecular flexibility index (Phi) is 6.37. The van der Waals surface area contributed by atoms with Gasteiger partial charge in [0, 0.05) is 13.6 Å². The molecule has 22 heavy (non-hydrogen) atoms. The Hall–Kier alpha value is -2.08. The number of rotatable bonds is 5. The molecule has 1 atom stereocenters. The minimum Gasteiger partial charge on any atom is -0.444 e. The van der Waals surface area contributed by atoms with E-state index in [0.717, 1.165) is 5.56 Å². The van der Waals surface area contributed by atoms with Gasteiger partial charge in [-0.3, -0.25) is 4.79 Å². The lowest BCUT2D eigenvalue weighted by Crippen LogP contribution is -2.50. The van der Waals surface area contributed by atoms with Crippen molar-refractivity contribution in [3.8, 4) is 0 Å². The van der Waals surface area contributed by atoms with Crippen molar-refractivity contribution < 1.29 is 19.4 Å². The summed E-state index contributed by atoms with van der Waals surface area (Å²) in [5, 5.41) is 11.7. The molecular formula is C16H24N2O4. The molecule has 0 radical (unpaired) electrons. The normalized spacial score (nSPS) is 12.4. The summed E-state index contributed by atoms with van der Waals surface area (Å²) in [6.45, 7) is 5.08. The third-order valence-electron chi connectivity index (χ3n) is 2.81. The molecule has 0 spiro atoms. The van der Waals surface area contributed by atoms with Crippen molar-refractivity contribution in [2.75, 3.05) is 13.7 Å². The highest BCUT2D eigenvalue weighted by molar-refractivity contribution is 5.85. The van der Waals surface area contributed by atoms with Crippen LogP contribution in [0.5, 0.6) is 0 Å². The van der Waals surface area contributed by atoms with Crippen molar-refractivity contribution in [1.29, 1.82) is 0 Å². The Morgan fingerprint density at radius 1 is 1.27 bits per heavy atom. The maximum Gasteiger partial charge on any atom is 0.408 e. The fourth-order valence-corrected chi connectivity index (χ4v) is 1.84. The average molecular weight is 308 g/mol. The first-order valence-corrected chi connectivity index (χ1v) is 7.12.